The molecular formula is C13H22N2. The summed E-state index contributed by atoms with van der Waals surface area (Å²) in [7, 11) is 0. The Morgan fingerprint density at radius 3 is 2.27 bits per heavy atom. The van der Waals surface area contributed by atoms with Gasteiger partial charge in [0.1, 0.15) is 0 Å². The number of nitrogens with two attached hydrogens (primary N) is 1. The van der Waals surface area contributed by atoms with Gasteiger partial charge in [0.05, 0.1) is 0 Å². The van der Waals surface area contributed by atoms with Crippen molar-refractivity contribution in [2.45, 2.75) is 33.2 Å². The van der Waals surface area contributed by atoms with Crippen molar-refractivity contribution in [3.63, 3.8) is 0 Å². The second-order valence-electron chi connectivity index (χ2n) is 4.04. The lowest BCUT2D eigenvalue weighted by Crippen LogP contribution is -2.37. The summed E-state index contributed by atoms with van der Waals surface area (Å²) >= 11 is 0. The average molecular weight is 206 g/mol. The van der Waals surface area contributed by atoms with E-state index in [4.69, 9.17) is 5.73 Å². The summed E-state index contributed by atoms with van der Waals surface area (Å²) in [5.74, 6) is 0. The lowest BCUT2D eigenvalue weighted by molar-refractivity contribution is 0.622. The maximum Gasteiger partial charge on any atom is 0.0366 e. The van der Waals surface area contributed by atoms with Gasteiger partial charge in [0.2, 0.25) is 0 Å². The number of anilines is 1. The molecule has 2 N–H and O–H groups in total. The molecule has 15 heavy (non-hydrogen) atoms. The van der Waals surface area contributed by atoms with Crippen molar-refractivity contribution < 1.29 is 0 Å². The number of rotatable bonds is 5. The van der Waals surface area contributed by atoms with E-state index >= 15 is 0 Å². The number of benzene rings is 1. The van der Waals surface area contributed by atoms with E-state index in [0.717, 1.165) is 19.5 Å². The Balaban J connectivity index is 2.69. The molecule has 2 heteroatoms. The molecule has 0 fully saturated rings. The van der Waals surface area contributed by atoms with E-state index in [1.54, 1.807) is 0 Å². The molecule has 0 amide bonds. The fourth-order valence-electron chi connectivity index (χ4n) is 1.58. The molecule has 0 bridgehead atoms. The molecule has 1 aromatic carbocycles. The minimum absolute atomic E-state index is 0.270. The topological polar surface area (TPSA) is 29.3 Å². The first-order valence-corrected chi connectivity index (χ1v) is 5.74. The molecule has 0 aliphatic carbocycles. The van der Waals surface area contributed by atoms with Crippen molar-refractivity contribution >= 4 is 5.69 Å². The summed E-state index contributed by atoms with van der Waals surface area (Å²) in [6.45, 7) is 8.36. The predicted molar refractivity (Wildman–Crippen MR) is 67.3 cm³/mol. The van der Waals surface area contributed by atoms with Crippen LogP contribution >= 0.6 is 0 Å². The van der Waals surface area contributed by atoms with E-state index in [0.29, 0.717) is 0 Å². The monoisotopic (exact) mass is 206 g/mol. The third kappa shape index (κ3) is 3.56. The summed E-state index contributed by atoms with van der Waals surface area (Å²) in [4.78, 5) is 2.33. The molecule has 1 atom stereocenters. The van der Waals surface area contributed by atoms with Gasteiger partial charge in [-0.2, -0.15) is 0 Å². The normalized spacial score (nSPS) is 12.5. The summed E-state index contributed by atoms with van der Waals surface area (Å²) in [5, 5.41) is 0. The zero-order chi connectivity index (χ0) is 11.3. The summed E-state index contributed by atoms with van der Waals surface area (Å²) in [5.41, 5.74) is 8.55. The largest absolute Gasteiger partial charge is 0.370 e. The fourth-order valence-corrected chi connectivity index (χ4v) is 1.58. The summed E-state index contributed by atoms with van der Waals surface area (Å²) in [6, 6.07) is 8.90. The van der Waals surface area contributed by atoms with Gasteiger partial charge in [-0.05, 0) is 32.4 Å². The lowest BCUT2D eigenvalue weighted by atomic mass is 10.2. The van der Waals surface area contributed by atoms with Crippen LogP contribution in [0.15, 0.2) is 24.3 Å². The molecule has 2 nitrogen and oxygen atoms in total. The van der Waals surface area contributed by atoms with E-state index in [2.05, 4.69) is 49.9 Å². The van der Waals surface area contributed by atoms with Crippen molar-refractivity contribution in [2.24, 2.45) is 5.73 Å². The number of nitrogens with zero attached hydrogens (tertiary/aromatic N) is 1. The van der Waals surface area contributed by atoms with Gasteiger partial charge in [0.15, 0.2) is 0 Å². The van der Waals surface area contributed by atoms with Crippen LogP contribution < -0.4 is 10.6 Å². The average Bonchev–Trinajstić information content (AvgIpc) is 2.27. The Morgan fingerprint density at radius 1 is 1.20 bits per heavy atom. The van der Waals surface area contributed by atoms with Crippen molar-refractivity contribution in [2.75, 3.05) is 18.0 Å². The van der Waals surface area contributed by atoms with E-state index in [1.807, 2.05) is 0 Å². The maximum atomic E-state index is 5.98. The molecule has 1 aromatic rings. The highest BCUT2D eigenvalue weighted by Crippen LogP contribution is 2.15. The molecule has 1 unspecified atom stereocenters. The summed E-state index contributed by atoms with van der Waals surface area (Å²) in [6.07, 6.45) is 1.03. The smallest absolute Gasteiger partial charge is 0.0366 e. The molecule has 0 aliphatic rings. The van der Waals surface area contributed by atoms with E-state index in [9.17, 15) is 0 Å². The molecule has 0 spiro atoms. The standard InChI is InChI=1S/C13H22N2/c1-4-12(14)10-15(5-2)13-8-6-11(3)7-9-13/h6-9,12H,4-5,10,14H2,1-3H3. The van der Waals surface area contributed by atoms with Crippen LogP contribution in [0, 0.1) is 6.92 Å². The Hall–Kier alpha value is -1.02. The maximum absolute atomic E-state index is 5.98. The third-order valence-electron chi connectivity index (χ3n) is 2.76. The first-order valence-electron chi connectivity index (χ1n) is 5.74. The first-order chi connectivity index (χ1) is 7.17. The summed E-state index contributed by atoms with van der Waals surface area (Å²) < 4.78 is 0. The molecule has 1 rings (SSSR count). The van der Waals surface area contributed by atoms with Crippen molar-refractivity contribution in [1.29, 1.82) is 0 Å². The number of aryl methyl sites for hydroxylation is 1. The van der Waals surface area contributed by atoms with Gasteiger partial charge in [-0.1, -0.05) is 24.6 Å². The van der Waals surface area contributed by atoms with Crippen LogP contribution in [0.4, 0.5) is 5.69 Å². The van der Waals surface area contributed by atoms with Crippen molar-refractivity contribution in [3.05, 3.63) is 29.8 Å². The third-order valence-corrected chi connectivity index (χ3v) is 2.76. The minimum atomic E-state index is 0.270. The Kier molecular flexibility index (Phi) is 4.63. The van der Waals surface area contributed by atoms with Crippen molar-refractivity contribution in [1.82, 2.24) is 0 Å². The van der Waals surface area contributed by atoms with Crippen LogP contribution in [0.2, 0.25) is 0 Å². The van der Waals surface area contributed by atoms with Gasteiger partial charge in [-0.25, -0.2) is 0 Å². The highest BCUT2D eigenvalue weighted by molar-refractivity contribution is 5.47. The predicted octanol–water partition coefficient (Wildman–Crippen LogP) is 2.56. The van der Waals surface area contributed by atoms with Crippen LogP contribution in [0.5, 0.6) is 0 Å². The molecular weight excluding hydrogens is 184 g/mol. The molecule has 0 saturated carbocycles. The van der Waals surface area contributed by atoms with E-state index in [-0.39, 0.29) is 6.04 Å². The van der Waals surface area contributed by atoms with E-state index in [1.165, 1.54) is 11.3 Å². The SMILES string of the molecule is CCC(N)CN(CC)c1ccc(C)cc1. The molecule has 0 aromatic heterocycles. The van der Waals surface area contributed by atoms with Gasteiger partial charge >= 0.3 is 0 Å². The van der Waals surface area contributed by atoms with Gasteiger partial charge in [0.25, 0.3) is 0 Å². The van der Waals surface area contributed by atoms with Crippen LogP contribution in [0.1, 0.15) is 25.8 Å². The lowest BCUT2D eigenvalue weighted by Gasteiger charge is -2.26. The zero-order valence-electron chi connectivity index (χ0n) is 10.0. The molecule has 0 saturated heterocycles. The fraction of sp³-hybridized carbons (Fsp3) is 0.538. The Bertz CT molecular complexity index is 279. The van der Waals surface area contributed by atoms with Gasteiger partial charge in [-0.15, -0.1) is 0 Å². The van der Waals surface area contributed by atoms with E-state index < -0.39 is 0 Å². The van der Waals surface area contributed by atoms with Crippen LogP contribution in [0.25, 0.3) is 0 Å². The number of likely N-dealkylation sites (N-methyl/N-ethyl adjacent to an activating group) is 1. The highest BCUT2D eigenvalue weighted by atomic mass is 15.1. The molecule has 0 radical (unpaired) electrons. The number of hydrogen-bond acceptors (Lipinski definition) is 2. The molecule has 0 aliphatic heterocycles. The first kappa shape index (κ1) is 12.1. The van der Waals surface area contributed by atoms with Crippen LogP contribution in [0.3, 0.4) is 0 Å². The molecule has 84 valence electrons. The highest BCUT2D eigenvalue weighted by Gasteiger charge is 2.07. The zero-order valence-corrected chi connectivity index (χ0v) is 10.0. The Labute approximate surface area is 93.1 Å². The van der Waals surface area contributed by atoms with Gasteiger partial charge in [-0.3, -0.25) is 0 Å². The van der Waals surface area contributed by atoms with Crippen LogP contribution in [-0.4, -0.2) is 19.1 Å². The second kappa shape index (κ2) is 5.76. The van der Waals surface area contributed by atoms with Crippen molar-refractivity contribution in [3.8, 4) is 0 Å². The van der Waals surface area contributed by atoms with Crippen LogP contribution in [-0.2, 0) is 0 Å². The molecule has 0 heterocycles. The second-order valence-corrected chi connectivity index (χ2v) is 4.04. The van der Waals surface area contributed by atoms with Gasteiger partial charge < -0.3 is 10.6 Å². The Morgan fingerprint density at radius 2 is 1.80 bits per heavy atom. The van der Waals surface area contributed by atoms with Gasteiger partial charge in [0, 0.05) is 24.8 Å². The number of hydrogen-bond donors (Lipinski definition) is 1. The quantitative estimate of drug-likeness (QED) is 0.802. The minimum Gasteiger partial charge on any atom is -0.370 e.